The number of hydrogen-bond acceptors (Lipinski definition) is 6. The molecule has 0 aromatic carbocycles. The number of aliphatic hydroxyl groups is 2. The van der Waals surface area contributed by atoms with Gasteiger partial charge < -0.3 is 20.7 Å². The molecule has 0 bridgehead atoms. The second kappa shape index (κ2) is 4.30. The highest BCUT2D eigenvalue weighted by Gasteiger charge is 2.53. The SMILES string of the molecule is CC1(CO)OC(n2ccc(N)nc2=O)C(F)C1O. The smallest absolute Gasteiger partial charge is 0.351 e. The number of aliphatic hydroxyl groups excluding tert-OH is 2. The summed E-state index contributed by atoms with van der Waals surface area (Å²) in [5.74, 6) is 0.00937. The summed E-state index contributed by atoms with van der Waals surface area (Å²) in [6.07, 6.45) is -3.47. The predicted octanol–water partition coefficient (Wildman–Crippen LogP) is -1.20. The fourth-order valence-electron chi connectivity index (χ4n) is 1.86. The summed E-state index contributed by atoms with van der Waals surface area (Å²) >= 11 is 0. The van der Waals surface area contributed by atoms with Gasteiger partial charge in [-0.15, -0.1) is 0 Å². The minimum absolute atomic E-state index is 0.00937. The van der Waals surface area contributed by atoms with Crippen molar-refractivity contribution in [3.05, 3.63) is 22.7 Å². The number of hydrogen-bond donors (Lipinski definition) is 3. The van der Waals surface area contributed by atoms with Gasteiger partial charge >= 0.3 is 5.69 Å². The highest BCUT2D eigenvalue weighted by Crippen LogP contribution is 2.37. The molecule has 1 saturated heterocycles. The molecular formula is C10H14FN3O4. The molecule has 0 saturated carbocycles. The van der Waals surface area contributed by atoms with E-state index in [0.29, 0.717) is 0 Å². The Kier molecular flexibility index (Phi) is 3.09. The zero-order chi connectivity index (χ0) is 13.5. The molecule has 0 radical (unpaired) electrons. The van der Waals surface area contributed by atoms with Gasteiger partial charge in [-0.2, -0.15) is 4.98 Å². The molecule has 4 N–H and O–H groups in total. The van der Waals surface area contributed by atoms with E-state index in [-0.39, 0.29) is 5.82 Å². The Hall–Kier alpha value is -1.51. The van der Waals surface area contributed by atoms with Gasteiger partial charge in [0.1, 0.15) is 17.5 Å². The van der Waals surface area contributed by atoms with Crippen LogP contribution in [0.25, 0.3) is 0 Å². The molecule has 0 amide bonds. The summed E-state index contributed by atoms with van der Waals surface area (Å²) < 4.78 is 20.1. The van der Waals surface area contributed by atoms with Crippen molar-refractivity contribution in [3.8, 4) is 0 Å². The molecule has 18 heavy (non-hydrogen) atoms. The van der Waals surface area contributed by atoms with E-state index in [1.54, 1.807) is 0 Å². The lowest BCUT2D eigenvalue weighted by Gasteiger charge is -2.24. The first-order valence-electron chi connectivity index (χ1n) is 5.34. The summed E-state index contributed by atoms with van der Waals surface area (Å²) in [6, 6.07) is 1.32. The van der Waals surface area contributed by atoms with Crippen LogP contribution in [0.2, 0.25) is 0 Å². The standard InChI is InChI=1S/C10H14FN3O4/c1-10(4-15)7(16)6(11)8(18-10)14-3-2-5(12)13-9(14)17/h2-3,6-8,15-16H,4H2,1H3,(H2,12,13,17). The van der Waals surface area contributed by atoms with E-state index in [1.807, 2.05) is 0 Å². The summed E-state index contributed by atoms with van der Waals surface area (Å²) in [5.41, 5.74) is 3.09. The van der Waals surface area contributed by atoms with Gasteiger partial charge in [0, 0.05) is 6.20 Å². The highest BCUT2D eigenvalue weighted by atomic mass is 19.1. The zero-order valence-electron chi connectivity index (χ0n) is 9.65. The van der Waals surface area contributed by atoms with Crippen LogP contribution >= 0.6 is 0 Å². The van der Waals surface area contributed by atoms with E-state index in [2.05, 4.69) is 4.98 Å². The number of aromatic nitrogens is 2. The van der Waals surface area contributed by atoms with Crippen LogP contribution in [-0.4, -0.2) is 44.2 Å². The van der Waals surface area contributed by atoms with Crippen molar-refractivity contribution >= 4 is 5.82 Å². The summed E-state index contributed by atoms with van der Waals surface area (Å²) in [4.78, 5) is 15.0. The number of ether oxygens (including phenoxy) is 1. The molecule has 4 unspecified atom stereocenters. The first kappa shape index (κ1) is 12.9. The molecule has 2 heterocycles. The Morgan fingerprint density at radius 1 is 1.72 bits per heavy atom. The normalized spacial score (nSPS) is 35.9. The van der Waals surface area contributed by atoms with Crippen molar-refractivity contribution < 1.29 is 19.3 Å². The van der Waals surface area contributed by atoms with Crippen LogP contribution in [0.5, 0.6) is 0 Å². The van der Waals surface area contributed by atoms with Gasteiger partial charge in [-0.25, -0.2) is 9.18 Å². The molecule has 100 valence electrons. The van der Waals surface area contributed by atoms with Crippen molar-refractivity contribution in [2.24, 2.45) is 0 Å². The van der Waals surface area contributed by atoms with Gasteiger partial charge in [0.15, 0.2) is 12.4 Å². The first-order valence-corrected chi connectivity index (χ1v) is 5.34. The van der Waals surface area contributed by atoms with Crippen molar-refractivity contribution in [1.29, 1.82) is 0 Å². The van der Waals surface area contributed by atoms with Crippen molar-refractivity contribution in [3.63, 3.8) is 0 Å². The van der Waals surface area contributed by atoms with E-state index < -0.39 is 36.4 Å². The Labute approximate surface area is 102 Å². The van der Waals surface area contributed by atoms with Gasteiger partial charge in [0.25, 0.3) is 0 Å². The third-order valence-electron chi connectivity index (χ3n) is 3.03. The molecule has 2 rings (SSSR count). The second-order valence-corrected chi connectivity index (χ2v) is 4.41. The minimum Gasteiger partial charge on any atom is -0.393 e. The van der Waals surface area contributed by atoms with Crippen LogP contribution in [0.3, 0.4) is 0 Å². The van der Waals surface area contributed by atoms with E-state index in [4.69, 9.17) is 15.6 Å². The molecule has 1 aliphatic heterocycles. The number of rotatable bonds is 2. The third-order valence-corrected chi connectivity index (χ3v) is 3.03. The van der Waals surface area contributed by atoms with E-state index in [1.165, 1.54) is 19.2 Å². The topological polar surface area (TPSA) is 111 Å². The molecule has 1 aliphatic rings. The van der Waals surface area contributed by atoms with E-state index >= 15 is 0 Å². The third kappa shape index (κ3) is 1.88. The molecule has 8 heteroatoms. The Morgan fingerprint density at radius 2 is 2.39 bits per heavy atom. The number of nitrogen functional groups attached to an aromatic ring is 1. The number of nitrogens with two attached hydrogens (primary N) is 1. The molecule has 0 spiro atoms. The molecule has 0 aliphatic carbocycles. The Bertz CT molecular complexity index is 508. The van der Waals surface area contributed by atoms with Gasteiger partial charge in [-0.1, -0.05) is 0 Å². The fourth-order valence-corrected chi connectivity index (χ4v) is 1.86. The number of halogens is 1. The van der Waals surface area contributed by atoms with Crippen LogP contribution in [0.1, 0.15) is 13.2 Å². The quantitative estimate of drug-likeness (QED) is 0.615. The summed E-state index contributed by atoms with van der Waals surface area (Å²) in [7, 11) is 0. The lowest BCUT2D eigenvalue weighted by atomic mass is 9.99. The summed E-state index contributed by atoms with van der Waals surface area (Å²) in [6.45, 7) is 0.794. The number of anilines is 1. The van der Waals surface area contributed by atoms with Gasteiger partial charge in [-0.05, 0) is 13.0 Å². The number of alkyl halides is 1. The van der Waals surface area contributed by atoms with Crippen molar-refractivity contribution in [2.75, 3.05) is 12.3 Å². The number of nitrogens with zero attached hydrogens (tertiary/aromatic N) is 2. The predicted molar refractivity (Wildman–Crippen MR) is 59.4 cm³/mol. The van der Waals surface area contributed by atoms with Crippen molar-refractivity contribution in [1.82, 2.24) is 9.55 Å². The average Bonchev–Trinajstić information content (AvgIpc) is 2.55. The largest absolute Gasteiger partial charge is 0.393 e. The van der Waals surface area contributed by atoms with Gasteiger partial charge in [0.05, 0.1) is 6.61 Å². The van der Waals surface area contributed by atoms with Crippen molar-refractivity contribution in [2.45, 2.75) is 31.0 Å². The molecule has 7 nitrogen and oxygen atoms in total. The zero-order valence-corrected chi connectivity index (χ0v) is 9.65. The Morgan fingerprint density at radius 3 is 2.89 bits per heavy atom. The van der Waals surface area contributed by atoms with E-state index in [9.17, 15) is 14.3 Å². The van der Waals surface area contributed by atoms with Crippen LogP contribution in [0, 0.1) is 0 Å². The fraction of sp³-hybridized carbons (Fsp3) is 0.600. The molecule has 1 aromatic heterocycles. The molecule has 4 atom stereocenters. The van der Waals surface area contributed by atoms with E-state index in [0.717, 1.165) is 4.57 Å². The minimum atomic E-state index is -1.84. The highest BCUT2D eigenvalue weighted by molar-refractivity contribution is 5.23. The van der Waals surface area contributed by atoms with Crippen LogP contribution < -0.4 is 11.4 Å². The van der Waals surface area contributed by atoms with Gasteiger partial charge in [0.2, 0.25) is 0 Å². The first-order chi connectivity index (χ1) is 8.39. The van der Waals surface area contributed by atoms with Crippen LogP contribution in [0.4, 0.5) is 10.2 Å². The lowest BCUT2D eigenvalue weighted by Crippen LogP contribution is -2.42. The maximum absolute atomic E-state index is 13.9. The molecule has 1 fully saturated rings. The van der Waals surface area contributed by atoms with Crippen LogP contribution in [-0.2, 0) is 4.74 Å². The Balaban J connectivity index is 2.38. The molecular weight excluding hydrogens is 245 g/mol. The average molecular weight is 259 g/mol. The van der Waals surface area contributed by atoms with Gasteiger partial charge in [-0.3, -0.25) is 4.57 Å². The maximum atomic E-state index is 13.9. The van der Waals surface area contributed by atoms with Crippen LogP contribution in [0.15, 0.2) is 17.1 Å². The monoisotopic (exact) mass is 259 g/mol. The molecule has 1 aromatic rings. The lowest BCUT2D eigenvalue weighted by molar-refractivity contribution is -0.117. The second-order valence-electron chi connectivity index (χ2n) is 4.41. The maximum Gasteiger partial charge on any atom is 0.351 e. The summed E-state index contributed by atoms with van der Waals surface area (Å²) in [5, 5.41) is 18.8.